The van der Waals surface area contributed by atoms with Crippen LogP contribution < -0.4 is 19.8 Å². The standard InChI is InChI=1S/C38H53N4O4S/c1-26-17-27(2)20-30(19-26)24-42(6,7)16-12-14-40(5)13-11-15-41-37(43)32-23-33(44-8)35(45-9)36(46-10)34(32)39-38(41)47-25-31-21-28(3)18-29(4)22-31/h17-23H,11-16,24-25H2,1-10H3/q+1. The van der Waals surface area contributed by atoms with E-state index in [9.17, 15) is 4.79 Å². The summed E-state index contributed by atoms with van der Waals surface area (Å²) >= 11 is 1.58. The molecule has 8 nitrogen and oxygen atoms in total. The van der Waals surface area contributed by atoms with Gasteiger partial charge in [-0.1, -0.05) is 70.4 Å². The number of quaternary nitrogens is 1. The van der Waals surface area contributed by atoms with Crippen molar-refractivity contribution in [2.24, 2.45) is 0 Å². The SMILES string of the molecule is COc1cc2c(=O)n(CCCN(C)CCC[N+](C)(C)Cc3cc(C)cc(C)c3)c(SCc3cc(C)cc(C)c3)nc2c(OC)c1OC. The molecule has 0 saturated heterocycles. The molecule has 1 heterocycles. The van der Waals surface area contributed by atoms with Crippen LogP contribution in [-0.2, 0) is 18.8 Å². The van der Waals surface area contributed by atoms with Crippen LogP contribution in [0.25, 0.3) is 10.9 Å². The number of nitrogens with zero attached hydrogens (tertiary/aromatic N) is 4. The average molecular weight is 662 g/mol. The molecule has 0 unspecified atom stereocenters. The molecule has 4 rings (SSSR count). The van der Waals surface area contributed by atoms with Crippen LogP contribution in [0, 0.1) is 27.7 Å². The number of rotatable bonds is 16. The molecule has 3 aromatic carbocycles. The molecule has 47 heavy (non-hydrogen) atoms. The van der Waals surface area contributed by atoms with Gasteiger partial charge in [0.25, 0.3) is 5.56 Å². The molecular formula is C38H53N4O4S+. The number of fused-ring (bicyclic) bond motifs is 1. The van der Waals surface area contributed by atoms with E-state index in [2.05, 4.69) is 90.1 Å². The van der Waals surface area contributed by atoms with Crippen molar-refractivity contribution < 1.29 is 18.7 Å². The minimum atomic E-state index is -0.106. The van der Waals surface area contributed by atoms with E-state index in [4.69, 9.17) is 19.2 Å². The molecule has 0 atom stereocenters. The highest BCUT2D eigenvalue weighted by Crippen LogP contribution is 2.42. The van der Waals surface area contributed by atoms with E-state index in [-0.39, 0.29) is 5.56 Å². The molecule has 254 valence electrons. The van der Waals surface area contributed by atoms with Crippen molar-refractivity contribution >= 4 is 22.7 Å². The van der Waals surface area contributed by atoms with E-state index in [1.54, 1.807) is 39.2 Å². The van der Waals surface area contributed by atoms with Crippen molar-refractivity contribution in [1.82, 2.24) is 14.5 Å². The number of aromatic nitrogens is 2. The fourth-order valence-corrected chi connectivity index (χ4v) is 7.47. The molecule has 1 aromatic heterocycles. The maximum absolute atomic E-state index is 14.1. The molecule has 0 bridgehead atoms. The molecule has 0 aliphatic rings. The highest BCUT2D eigenvalue weighted by Gasteiger charge is 2.22. The average Bonchev–Trinajstić information content (AvgIpc) is 2.99. The van der Waals surface area contributed by atoms with Gasteiger partial charge < -0.3 is 23.6 Å². The summed E-state index contributed by atoms with van der Waals surface area (Å²) in [5.41, 5.74) is 8.06. The van der Waals surface area contributed by atoms with E-state index in [1.165, 1.54) is 33.4 Å². The zero-order valence-electron chi connectivity index (χ0n) is 30.0. The lowest BCUT2D eigenvalue weighted by Crippen LogP contribution is -2.41. The molecule has 0 fully saturated rings. The van der Waals surface area contributed by atoms with Gasteiger partial charge >= 0.3 is 0 Å². The minimum absolute atomic E-state index is 0.106. The lowest BCUT2D eigenvalue weighted by atomic mass is 10.1. The molecule has 0 saturated carbocycles. The Hall–Kier alpha value is -3.53. The summed E-state index contributed by atoms with van der Waals surface area (Å²) in [6.07, 6.45) is 1.93. The summed E-state index contributed by atoms with van der Waals surface area (Å²) in [5, 5.41) is 1.12. The quantitative estimate of drug-likeness (QED) is 0.0733. The van der Waals surface area contributed by atoms with Crippen LogP contribution in [0.1, 0.15) is 46.2 Å². The molecule has 0 aliphatic carbocycles. The minimum Gasteiger partial charge on any atom is -0.493 e. The summed E-state index contributed by atoms with van der Waals surface area (Å²) < 4.78 is 19.7. The van der Waals surface area contributed by atoms with Crippen LogP contribution in [0.3, 0.4) is 0 Å². The van der Waals surface area contributed by atoms with Crippen molar-refractivity contribution in [3.8, 4) is 17.2 Å². The Kier molecular flexibility index (Phi) is 12.4. The second-order valence-electron chi connectivity index (χ2n) is 13.5. The first-order valence-electron chi connectivity index (χ1n) is 16.3. The fourth-order valence-electron chi connectivity index (χ4n) is 6.52. The highest BCUT2D eigenvalue weighted by atomic mass is 32.2. The van der Waals surface area contributed by atoms with Crippen LogP contribution in [-0.4, -0.2) is 81.0 Å². The first kappa shape index (κ1) is 36.3. The van der Waals surface area contributed by atoms with E-state index in [0.29, 0.717) is 45.6 Å². The second kappa shape index (κ2) is 16.0. The molecule has 0 amide bonds. The number of methoxy groups -OCH3 is 3. The van der Waals surface area contributed by atoms with Gasteiger partial charge in [0.15, 0.2) is 16.7 Å². The predicted molar refractivity (Wildman–Crippen MR) is 194 cm³/mol. The molecule has 0 N–H and O–H groups in total. The number of thioether (sulfide) groups is 1. The number of benzene rings is 3. The molecule has 0 spiro atoms. The third-order valence-electron chi connectivity index (χ3n) is 8.48. The zero-order chi connectivity index (χ0) is 34.3. The van der Waals surface area contributed by atoms with Crippen LogP contribution in [0.5, 0.6) is 17.2 Å². The lowest BCUT2D eigenvalue weighted by Gasteiger charge is -2.31. The van der Waals surface area contributed by atoms with Gasteiger partial charge in [-0.3, -0.25) is 9.36 Å². The summed E-state index contributed by atoms with van der Waals surface area (Å²) in [6, 6.07) is 15.1. The summed E-state index contributed by atoms with van der Waals surface area (Å²) in [7, 11) is 11.5. The van der Waals surface area contributed by atoms with Crippen LogP contribution in [0.15, 0.2) is 52.4 Å². The Morgan fingerprint density at radius 2 is 1.36 bits per heavy atom. The van der Waals surface area contributed by atoms with Crippen molar-refractivity contribution in [3.05, 3.63) is 86.2 Å². The van der Waals surface area contributed by atoms with Gasteiger partial charge in [-0.05, 0) is 59.3 Å². The van der Waals surface area contributed by atoms with E-state index in [1.807, 2.05) is 4.57 Å². The van der Waals surface area contributed by atoms with Crippen molar-refractivity contribution in [3.63, 3.8) is 0 Å². The van der Waals surface area contributed by atoms with Crippen LogP contribution >= 0.6 is 11.8 Å². The van der Waals surface area contributed by atoms with Gasteiger partial charge in [0, 0.05) is 30.8 Å². The maximum Gasteiger partial charge on any atom is 0.262 e. The van der Waals surface area contributed by atoms with Gasteiger partial charge in [-0.25, -0.2) is 4.98 Å². The molecule has 4 aromatic rings. The largest absolute Gasteiger partial charge is 0.493 e. The number of hydrogen-bond acceptors (Lipinski definition) is 7. The molecule has 0 aliphatic heterocycles. The second-order valence-corrected chi connectivity index (χ2v) is 14.4. The van der Waals surface area contributed by atoms with E-state index in [0.717, 1.165) is 43.5 Å². The fraction of sp³-hybridized carbons (Fsp3) is 0.474. The first-order chi connectivity index (χ1) is 22.3. The van der Waals surface area contributed by atoms with Gasteiger partial charge in [0.1, 0.15) is 12.1 Å². The highest BCUT2D eigenvalue weighted by molar-refractivity contribution is 7.98. The Morgan fingerprint density at radius 1 is 0.787 bits per heavy atom. The zero-order valence-corrected chi connectivity index (χ0v) is 30.8. The number of aryl methyl sites for hydroxylation is 4. The molecule has 0 radical (unpaired) electrons. The Labute approximate surface area is 285 Å². The third-order valence-corrected chi connectivity index (χ3v) is 9.53. The normalized spacial score (nSPS) is 11.8. The third kappa shape index (κ3) is 9.52. The van der Waals surface area contributed by atoms with Crippen LogP contribution in [0.4, 0.5) is 0 Å². The Morgan fingerprint density at radius 3 is 1.94 bits per heavy atom. The van der Waals surface area contributed by atoms with Gasteiger partial charge in [0.05, 0.1) is 47.4 Å². The predicted octanol–water partition coefficient (Wildman–Crippen LogP) is 6.94. The summed E-state index contributed by atoms with van der Waals surface area (Å²) in [4.78, 5) is 21.5. The smallest absolute Gasteiger partial charge is 0.262 e. The Bertz CT molecular complexity index is 1710. The molecular weight excluding hydrogens is 609 g/mol. The van der Waals surface area contributed by atoms with E-state index >= 15 is 0 Å². The monoisotopic (exact) mass is 661 g/mol. The lowest BCUT2D eigenvalue weighted by molar-refractivity contribution is -0.903. The first-order valence-corrected chi connectivity index (χ1v) is 17.3. The van der Waals surface area contributed by atoms with Gasteiger partial charge in [0.2, 0.25) is 5.75 Å². The Balaban J connectivity index is 1.49. The van der Waals surface area contributed by atoms with Crippen molar-refractivity contribution in [1.29, 1.82) is 0 Å². The van der Waals surface area contributed by atoms with Gasteiger partial charge in [-0.15, -0.1) is 0 Å². The topological polar surface area (TPSA) is 65.8 Å². The molecule has 9 heteroatoms. The van der Waals surface area contributed by atoms with Gasteiger partial charge in [-0.2, -0.15) is 0 Å². The number of hydrogen-bond donors (Lipinski definition) is 0. The van der Waals surface area contributed by atoms with Crippen molar-refractivity contribution in [2.45, 2.75) is 64.5 Å². The summed E-state index contributed by atoms with van der Waals surface area (Å²) in [5.74, 6) is 1.97. The number of ether oxygens (including phenoxy) is 3. The summed E-state index contributed by atoms with van der Waals surface area (Å²) in [6.45, 7) is 13.1. The maximum atomic E-state index is 14.1. The van der Waals surface area contributed by atoms with E-state index < -0.39 is 0 Å². The van der Waals surface area contributed by atoms with Crippen LogP contribution in [0.2, 0.25) is 0 Å². The van der Waals surface area contributed by atoms with Crippen molar-refractivity contribution in [2.75, 3.05) is 62.1 Å².